The fraction of sp³-hybridized carbons (Fsp3) is 0.688. The summed E-state index contributed by atoms with van der Waals surface area (Å²) in [6.45, 7) is 5.83. The van der Waals surface area contributed by atoms with Crippen LogP contribution in [-0.2, 0) is 9.53 Å². The van der Waals surface area contributed by atoms with Crippen LogP contribution in [0, 0.1) is 5.92 Å². The third-order valence-corrected chi connectivity index (χ3v) is 5.49. The molecule has 116 valence electrons. The Morgan fingerprint density at radius 3 is 2.86 bits per heavy atom. The highest BCUT2D eigenvalue weighted by Gasteiger charge is 2.45. The molecule has 1 aromatic rings. The van der Waals surface area contributed by atoms with Gasteiger partial charge in [-0.1, -0.05) is 20.3 Å². The van der Waals surface area contributed by atoms with Crippen molar-refractivity contribution in [3.63, 3.8) is 0 Å². The van der Waals surface area contributed by atoms with Gasteiger partial charge in [0.2, 0.25) is 5.91 Å². The van der Waals surface area contributed by atoms with Gasteiger partial charge < -0.3 is 9.64 Å². The van der Waals surface area contributed by atoms with Crippen LogP contribution in [0.5, 0.6) is 0 Å². The van der Waals surface area contributed by atoms with Crippen molar-refractivity contribution < 1.29 is 9.53 Å². The van der Waals surface area contributed by atoms with E-state index in [4.69, 9.17) is 4.74 Å². The fourth-order valence-corrected chi connectivity index (χ4v) is 3.97. The summed E-state index contributed by atoms with van der Waals surface area (Å²) in [6, 6.07) is 2.38. The van der Waals surface area contributed by atoms with Gasteiger partial charge in [-0.05, 0) is 41.1 Å². The van der Waals surface area contributed by atoms with E-state index < -0.39 is 0 Å². The Bertz CT molecular complexity index is 471. The van der Waals surface area contributed by atoms with Crippen molar-refractivity contribution in [1.82, 2.24) is 10.2 Å². The first kappa shape index (κ1) is 15.0. The number of rotatable bonds is 4. The van der Waals surface area contributed by atoms with E-state index in [-0.39, 0.29) is 18.1 Å². The summed E-state index contributed by atoms with van der Waals surface area (Å²) in [5.74, 6) is 0.635. The summed E-state index contributed by atoms with van der Waals surface area (Å²) in [7, 11) is 0. The van der Waals surface area contributed by atoms with Crippen molar-refractivity contribution in [3.05, 3.63) is 22.4 Å². The monoisotopic (exact) mass is 308 g/mol. The van der Waals surface area contributed by atoms with Crippen LogP contribution in [-0.4, -0.2) is 36.1 Å². The Hall–Kier alpha value is -0.910. The normalized spacial score (nSPS) is 29.0. The summed E-state index contributed by atoms with van der Waals surface area (Å²) in [6.07, 6.45) is 2.94. The van der Waals surface area contributed by atoms with E-state index in [9.17, 15) is 4.79 Å². The predicted molar refractivity (Wildman–Crippen MR) is 84.1 cm³/mol. The molecular formula is C16H24N2O2S. The Morgan fingerprint density at radius 1 is 1.48 bits per heavy atom. The molecule has 0 aliphatic carbocycles. The Morgan fingerprint density at radius 2 is 2.24 bits per heavy atom. The van der Waals surface area contributed by atoms with E-state index in [1.54, 1.807) is 11.3 Å². The number of carbonyl (C=O) groups is 1. The van der Waals surface area contributed by atoms with Gasteiger partial charge in [0.1, 0.15) is 6.17 Å². The quantitative estimate of drug-likeness (QED) is 0.930. The number of amides is 1. The maximum atomic E-state index is 12.9. The Balaban J connectivity index is 1.86. The molecule has 2 saturated heterocycles. The predicted octanol–water partition coefficient (Wildman–Crippen LogP) is 2.77. The summed E-state index contributed by atoms with van der Waals surface area (Å²) in [5, 5.41) is 7.82. The van der Waals surface area contributed by atoms with E-state index in [1.165, 1.54) is 5.56 Å². The SMILES string of the molecule is CCC(C)C1NC(c2ccsc2)N(C2CCOCC2)C1=O. The second-order valence-corrected chi connectivity index (χ2v) is 6.86. The molecule has 0 bridgehead atoms. The summed E-state index contributed by atoms with van der Waals surface area (Å²) >= 11 is 1.69. The van der Waals surface area contributed by atoms with E-state index in [0.29, 0.717) is 12.0 Å². The fourth-order valence-electron chi connectivity index (χ4n) is 3.29. The third-order valence-electron chi connectivity index (χ3n) is 4.79. The minimum atomic E-state index is -0.0530. The molecule has 1 amide bonds. The van der Waals surface area contributed by atoms with Gasteiger partial charge >= 0.3 is 0 Å². The molecule has 1 aromatic heterocycles. The summed E-state index contributed by atoms with van der Waals surface area (Å²) < 4.78 is 5.46. The lowest BCUT2D eigenvalue weighted by molar-refractivity contribution is -0.135. The van der Waals surface area contributed by atoms with E-state index in [0.717, 1.165) is 32.5 Å². The lowest BCUT2D eigenvalue weighted by Gasteiger charge is -2.35. The zero-order valence-electron chi connectivity index (χ0n) is 12.7. The molecule has 2 fully saturated rings. The first-order valence-corrected chi connectivity index (χ1v) is 8.84. The van der Waals surface area contributed by atoms with E-state index >= 15 is 0 Å². The minimum absolute atomic E-state index is 0.0332. The zero-order chi connectivity index (χ0) is 14.8. The number of nitrogens with zero attached hydrogens (tertiary/aromatic N) is 1. The molecule has 0 saturated carbocycles. The van der Waals surface area contributed by atoms with Gasteiger partial charge in [-0.2, -0.15) is 11.3 Å². The maximum absolute atomic E-state index is 12.9. The standard InChI is InChI=1S/C16H24N2O2S/c1-3-11(2)14-16(19)18(13-4-7-20-8-5-13)15(17-14)12-6-9-21-10-12/h6,9-11,13-15,17H,3-5,7-8H2,1-2H3. The Kier molecular flexibility index (Phi) is 4.62. The van der Waals surface area contributed by atoms with Crippen molar-refractivity contribution in [1.29, 1.82) is 0 Å². The number of thiophene rings is 1. The molecule has 3 rings (SSSR count). The van der Waals surface area contributed by atoms with Crippen LogP contribution < -0.4 is 5.32 Å². The van der Waals surface area contributed by atoms with Gasteiger partial charge in [0, 0.05) is 19.3 Å². The van der Waals surface area contributed by atoms with Crippen LogP contribution >= 0.6 is 11.3 Å². The van der Waals surface area contributed by atoms with Crippen molar-refractivity contribution in [2.24, 2.45) is 5.92 Å². The highest BCUT2D eigenvalue weighted by Crippen LogP contribution is 2.34. The second kappa shape index (κ2) is 6.46. The largest absolute Gasteiger partial charge is 0.381 e. The van der Waals surface area contributed by atoms with Crippen molar-refractivity contribution in [3.8, 4) is 0 Å². The Labute approximate surface area is 130 Å². The number of carbonyl (C=O) groups excluding carboxylic acids is 1. The lowest BCUT2D eigenvalue weighted by atomic mass is 9.98. The molecule has 1 N–H and O–H groups in total. The molecule has 0 radical (unpaired) electrons. The minimum Gasteiger partial charge on any atom is -0.381 e. The molecule has 3 unspecified atom stereocenters. The number of ether oxygens (including phenoxy) is 1. The molecule has 2 aliphatic rings. The summed E-state index contributed by atoms with van der Waals surface area (Å²) in [5.41, 5.74) is 1.21. The molecular weight excluding hydrogens is 284 g/mol. The maximum Gasteiger partial charge on any atom is 0.241 e. The topological polar surface area (TPSA) is 41.6 Å². The number of hydrogen-bond acceptors (Lipinski definition) is 4. The first-order chi connectivity index (χ1) is 10.2. The molecule has 4 nitrogen and oxygen atoms in total. The highest BCUT2D eigenvalue weighted by atomic mass is 32.1. The average molecular weight is 308 g/mol. The van der Waals surface area contributed by atoms with Crippen LogP contribution in [0.2, 0.25) is 0 Å². The smallest absolute Gasteiger partial charge is 0.241 e. The summed E-state index contributed by atoms with van der Waals surface area (Å²) in [4.78, 5) is 15.0. The van der Waals surface area contributed by atoms with Crippen LogP contribution in [0.15, 0.2) is 16.8 Å². The molecule has 0 aromatic carbocycles. The van der Waals surface area contributed by atoms with Crippen molar-refractivity contribution in [2.45, 2.75) is 51.4 Å². The van der Waals surface area contributed by atoms with Crippen LogP contribution in [0.1, 0.15) is 44.8 Å². The van der Waals surface area contributed by atoms with Crippen LogP contribution in [0.25, 0.3) is 0 Å². The van der Waals surface area contributed by atoms with Crippen LogP contribution in [0.3, 0.4) is 0 Å². The number of hydrogen-bond donors (Lipinski definition) is 1. The van der Waals surface area contributed by atoms with E-state index in [1.807, 2.05) is 0 Å². The lowest BCUT2D eigenvalue weighted by Crippen LogP contribution is -2.43. The van der Waals surface area contributed by atoms with Gasteiger partial charge in [-0.3, -0.25) is 10.1 Å². The molecule has 3 atom stereocenters. The average Bonchev–Trinajstić information content (AvgIpc) is 3.15. The second-order valence-electron chi connectivity index (χ2n) is 6.08. The molecule has 3 heterocycles. The van der Waals surface area contributed by atoms with Crippen molar-refractivity contribution in [2.75, 3.05) is 13.2 Å². The van der Waals surface area contributed by atoms with Gasteiger partial charge in [0.15, 0.2) is 0 Å². The molecule has 21 heavy (non-hydrogen) atoms. The van der Waals surface area contributed by atoms with Crippen LogP contribution in [0.4, 0.5) is 0 Å². The molecule has 2 aliphatic heterocycles. The van der Waals surface area contributed by atoms with E-state index in [2.05, 4.69) is 40.9 Å². The third kappa shape index (κ3) is 2.87. The number of nitrogens with one attached hydrogen (secondary N) is 1. The van der Waals surface area contributed by atoms with Gasteiger partial charge in [-0.25, -0.2) is 0 Å². The zero-order valence-corrected chi connectivity index (χ0v) is 13.6. The van der Waals surface area contributed by atoms with Gasteiger partial charge in [-0.15, -0.1) is 0 Å². The van der Waals surface area contributed by atoms with Crippen molar-refractivity contribution >= 4 is 17.2 Å². The molecule has 0 spiro atoms. The first-order valence-electron chi connectivity index (χ1n) is 7.90. The highest BCUT2D eigenvalue weighted by molar-refractivity contribution is 7.07. The van der Waals surface area contributed by atoms with Gasteiger partial charge in [0.05, 0.1) is 6.04 Å². The molecule has 5 heteroatoms. The van der Waals surface area contributed by atoms with Gasteiger partial charge in [0.25, 0.3) is 0 Å².